The first-order valence-corrected chi connectivity index (χ1v) is 16.7. The molecule has 0 aliphatic rings. The monoisotopic (exact) mass is 604 g/mol. The summed E-state index contributed by atoms with van der Waals surface area (Å²) in [6.45, 7) is 4.50. The molecule has 2 N–H and O–H groups in total. The fourth-order valence-corrected chi connectivity index (χ4v) is 3.83. The van der Waals surface area contributed by atoms with Crippen LogP contribution in [0.4, 0.5) is 0 Å². The van der Waals surface area contributed by atoms with E-state index in [0.29, 0.717) is 0 Å². The first-order chi connectivity index (χ1) is 21.5. The summed E-state index contributed by atoms with van der Waals surface area (Å²) in [5.41, 5.74) is 0. The Morgan fingerprint density at radius 1 is 0.364 bits per heavy atom. The lowest BCUT2D eigenvalue weighted by Crippen LogP contribution is -1.84. The summed E-state index contributed by atoms with van der Waals surface area (Å²) in [5.74, 6) is -1.86. The summed E-state index contributed by atoms with van der Waals surface area (Å²) in [5, 5.41) is 16.8. The predicted molar refractivity (Wildman–Crippen MR) is 192 cm³/mol. The highest BCUT2D eigenvalue weighted by Gasteiger charge is 1.90. The van der Waals surface area contributed by atoms with E-state index in [1.165, 1.54) is 102 Å². The van der Waals surface area contributed by atoms with Crippen molar-refractivity contribution in [3.63, 3.8) is 0 Å². The van der Waals surface area contributed by atoms with Gasteiger partial charge in [0.15, 0.2) is 0 Å². The Hall–Kier alpha value is -3.66. The summed E-state index contributed by atoms with van der Waals surface area (Å²) in [7, 11) is 0. The van der Waals surface area contributed by atoms with E-state index in [9.17, 15) is 9.59 Å². The molecule has 4 nitrogen and oxygen atoms in total. The maximum Gasteiger partial charge on any atom is 0.328 e. The van der Waals surface area contributed by atoms with Gasteiger partial charge in [0, 0.05) is 12.2 Å². The molecule has 0 radical (unpaired) electrons. The van der Waals surface area contributed by atoms with Crippen molar-refractivity contribution in [3.05, 3.63) is 122 Å². The third-order valence-corrected chi connectivity index (χ3v) is 6.25. The largest absolute Gasteiger partial charge is 0.478 e. The van der Waals surface area contributed by atoms with E-state index in [1.807, 2.05) is 48.6 Å². The number of hydrogen-bond acceptors (Lipinski definition) is 2. The first-order valence-electron chi connectivity index (χ1n) is 16.7. The molecule has 0 unspecified atom stereocenters. The summed E-state index contributed by atoms with van der Waals surface area (Å²) in [4.78, 5) is 20.4. The topological polar surface area (TPSA) is 74.6 Å². The third-order valence-electron chi connectivity index (χ3n) is 6.25. The third kappa shape index (κ3) is 45.3. The van der Waals surface area contributed by atoms with Crippen LogP contribution in [0, 0.1) is 0 Å². The molecule has 0 bridgehead atoms. The molecule has 0 heterocycles. The van der Waals surface area contributed by atoms with Crippen LogP contribution in [0.15, 0.2) is 122 Å². The highest BCUT2D eigenvalue weighted by molar-refractivity contribution is 5.80. The van der Waals surface area contributed by atoms with E-state index in [1.54, 1.807) is 24.3 Å². The minimum absolute atomic E-state index is 0.931. The van der Waals surface area contributed by atoms with Crippen LogP contribution in [-0.4, -0.2) is 22.2 Å². The molecule has 0 aromatic rings. The van der Waals surface area contributed by atoms with Crippen molar-refractivity contribution in [2.45, 2.75) is 117 Å². The number of carboxylic acid groups (broad SMARTS) is 2. The predicted octanol–water partition coefficient (Wildman–Crippen LogP) is 12.0. The molecule has 0 rings (SSSR count). The van der Waals surface area contributed by atoms with Crippen LogP contribution in [-0.2, 0) is 9.59 Å². The molecule has 0 atom stereocenters. The van der Waals surface area contributed by atoms with Gasteiger partial charge in [-0.05, 0) is 25.7 Å². The van der Waals surface area contributed by atoms with Crippen LogP contribution in [0.2, 0.25) is 0 Å². The van der Waals surface area contributed by atoms with Gasteiger partial charge in [-0.25, -0.2) is 9.59 Å². The second-order valence-electron chi connectivity index (χ2n) is 10.4. The van der Waals surface area contributed by atoms with Crippen molar-refractivity contribution >= 4 is 11.9 Å². The number of unbranched alkanes of at least 4 members (excludes halogenated alkanes) is 14. The zero-order chi connectivity index (χ0) is 32.6. The minimum atomic E-state index is -0.931. The number of carboxylic acids is 2. The summed E-state index contributed by atoms with van der Waals surface area (Å²) in [6.07, 6.45) is 57.5. The fraction of sp³-hybridized carbons (Fsp3) is 0.450. The molecule has 4 heteroatoms. The Balaban J connectivity index is 0. The van der Waals surface area contributed by atoms with Gasteiger partial charge in [0.25, 0.3) is 0 Å². The molecule has 0 amide bonds. The number of hydrogen-bond donors (Lipinski definition) is 2. The number of carbonyl (C=O) groups is 2. The molecule has 0 aliphatic carbocycles. The Labute approximate surface area is 269 Å². The Morgan fingerprint density at radius 2 is 0.614 bits per heavy atom. The smallest absolute Gasteiger partial charge is 0.328 e. The van der Waals surface area contributed by atoms with Crippen LogP contribution >= 0.6 is 0 Å². The van der Waals surface area contributed by atoms with Crippen LogP contribution in [0.25, 0.3) is 0 Å². The van der Waals surface area contributed by atoms with Crippen molar-refractivity contribution in [2.24, 2.45) is 0 Å². The van der Waals surface area contributed by atoms with Gasteiger partial charge in [-0.15, -0.1) is 0 Å². The lowest BCUT2D eigenvalue weighted by Gasteiger charge is -1.98. The Kier molecular flexibility index (Phi) is 38.0. The van der Waals surface area contributed by atoms with Crippen LogP contribution in [0.3, 0.4) is 0 Å². The SMILES string of the molecule is CCCCCCCCC/C=C/C=C/C=C/C=C/C=C/C(=O)O.CCCCCCCCC/C=C/C=C/C=C/C=C/C=C/C(=O)O. The molecule has 0 saturated heterocycles. The average Bonchev–Trinajstić information content (AvgIpc) is 3.00. The minimum Gasteiger partial charge on any atom is -0.478 e. The molecule has 0 spiro atoms. The van der Waals surface area contributed by atoms with Gasteiger partial charge in [-0.3, -0.25) is 0 Å². The molecule has 0 aromatic heterocycles. The Bertz CT molecular complexity index is 874. The zero-order valence-corrected chi connectivity index (χ0v) is 27.6. The highest BCUT2D eigenvalue weighted by atomic mass is 16.4. The van der Waals surface area contributed by atoms with Crippen LogP contribution in [0.1, 0.15) is 117 Å². The summed E-state index contributed by atoms with van der Waals surface area (Å²) >= 11 is 0. The number of allylic oxidation sites excluding steroid dienone is 18. The molecular weight excluding hydrogens is 544 g/mol. The molecule has 0 aromatic carbocycles. The second-order valence-corrected chi connectivity index (χ2v) is 10.4. The summed E-state index contributed by atoms with van der Waals surface area (Å²) in [6, 6.07) is 0. The van der Waals surface area contributed by atoms with Gasteiger partial charge >= 0.3 is 11.9 Å². The van der Waals surface area contributed by atoms with E-state index in [2.05, 4.69) is 38.2 Å². The zero-order valence-electron chi connectivity index (χ0n) is 27.6. The molecule has 44 heavy (non-hydrogen) atoms. The van der Waals surface area contributed by atoms with E-state index >= 15 is 0 Å². The van der Waals surface area contributed by atoms with Crippen molar-refractivity contribution in [1.82, 2.24) is 0 Å². The molecule has 0 fully saturated rings. The van der Waals surface area contributed by atoms with Gasteiger partial charge in [0.2, 0.25) is 0 Å². The molecule has 0 aliphatic heterocycles. The summed E-state index contributed by atoms with van der Waals surface area (Å²) < 4.78 is 0. The first kappa shape index (κ1) is 42.5. The fourth-order valence-electron chi connectivity index (χ4n) is 3.83. The standard InChI is InChI=1S/2C20H30O2/c2*1-2-3-4-5-6-7-8-9-10-11-12-13-14-15-16-17-18-19-20(21)22/h2*10-19H,2-9H2,1H3,(H,21,22)/b2*11-10+,13-12+,15-14+,17-16+,19-18+. The number of rotatable bonds is 26. The Morgan fingerprint density at radius 3 is 0.909 bits per heavy atom. The van der Waals surface area contributed by atoms with Crippen molar-refractivity contribution in [3.8, 4) is 0 Å². The maximum absolute atomic E-state index is 10.2. The van der Waals surface area contributed by atoms with Gasteiger partial charge < -0.3 is 10.2 Å². The normalized spacial score (nSPS) is 12.8. The van der Waals surface area contributed by atoms with Crippen LogP contribution in [0.5, 0.6) is 0 Å². The van der Waals surface area contributed by atoms with E-state index < -0.39 is 11.9 Å². The molecule has 244 valence electrons. The van der Waals surface area contributed by atoms with Crippen molar-refractivity contribution < 1.29 is 19.8 Å². The van der Waals surface area contributed by atoms with Crippen molar-refractivity contribution in [2.75, 3.05) is 0 Å². The second kappa shape index (κ2) is 39.3. The highest BCUT2D eigenvalue weighted by Crippen LogP contribution is 2.09. The van der Waals surface area contributed by atoms with E-state index in [0.717, 1.165) is 25.0 Å². The number of aliphatic carboxylic acids is 2. The average molecular weight is 605 g/mol. The lowest BCUT2D eigenvalue weighted by atomic mass is 10.1. The molecular formula is C40H60O4. The van der Waals surface area contributed by atoms with E-state index in [-0.39, 0.29) is 0 Å². The maximum atomic E-state index is 10.2. The quantitative estimate of drug-likeness (QED) is 0.0585. The van der Waals surface area contributed by atoms with Crippen LogP contribution < -0.4 is 0 Å². The van der Waals surface area contributed by atoms with Gasteiger partial charge in [0.05, 0.1) is 0 Å². The van der Waals surface area contributed by atoms with Gasteiger partial charge in [-0.2, -0.15) is 0 Å². The van der Waals surface area contributed by atoms with E-state index in [4.69, 9.17) is 10.2 Å². The molecule has 0 saturated carbocycles. The van der Waals surface area contributed by atoms with Crippen molar-refractivity contribution in [1.29, 1.82) is 0 Å². The van der Waals surface area contributed by atoms with Gasteiger partial charge in [0.1, 0.15) is 0 Å². The lowest BCUT2D eigenvalue weighted by molar-refractivity contribution is -0.132. The van der Waals surface area contributed by atoms with Gasteiger partial charge in [-0.1, -0.05) is 200 Å².